The van der Waals surface area contributed by atoms with Crippen LogP contribution in [0.2, 0.25) is 0 Å². The molecule has 1 aliphatic rings. The van der Waals surface area contributed by atoms with Crippen LogP contribution < -0.4 is 10.1 Å². The first-order chi connectivity index (χ1) is 7.78. The maximum Gasteiger partial charge on any atom is 0.218 e. The zero-order chi connectivity index (χ0) is 11.4. The highest BCUT2D eigenvalue weighted by Gasteiger charge is 2.11. The molecule has 1 N–H and O–H groups in total. The number of nitrogens with one attached hydrogen (secondary N) is 1. The molecule has 0 spiro atoms. The summed E-state index contributed by atoms with van der Waals surface area (Å²) in [6.45, 7) is 4.45. The van der Waals surface area contributed by atoms with Gasteiger partial charge in [0.05, 0.1) is 6.61 Å². The van der Waals surface area contributed by atoms with Gasteiger partial charge in [-0.25, -0.2) is 4.98 Å². The van der Waals surface area contributed by atoms with E-state index in [0.29, 0.717) is 18.5 Å². The fraction of sp³-hybridized carbons (Fsp3) is 0.500. The van der Waals surface area contributed by atoms with Crippen molar-refractivity contribution in [1.82, 2.24) is 9.97 Å². The predicted molar refractivity (Wildman–Crippen MR) is 63.7 cm³/mol. The second-order valence-electron chi connectivity index (χ2n) is 3.86. The molecular formula is C12H17N3O. The molecule has 1 aliphatic carbocycles. The van der Waals surface area contributed by atoms with E-state index in [-0.39, 0.29) is 0 Å². The van der Waals surface area contributed by atoms with Gasteiger partial charge in [-0.05, 0) is 26.7 Å². The summed E-state index contributed by atoms with van der Waals surface area (Å²) in [4.78, 5) is 8.56. The molecule has 0 unspecified atom stereocenters. The molecular weight excluding hydrogens is 202 g/mol. The standard InChI is InChI=1S/C12H17N3O/c1-3-16-12-8-11(13-9(2)14-12)15-10-6-4-5-7-10/h4-5,8,10H,3,6-7H2,1-2H3,(H,13,14,15). The number of hydrogen-bond donors (Lipinski definition) is 1. The number of aryl methyl sites for hydroxylation is 1. The van der Waals surface area contributed by atoms with E-state index in [9.17, 15) is 0 Å². The van der Waals surface area contributed by atoms with Gasteiger partial charge < -0.3 is 10.1 Å². The van der Waals surface area contributed by atoms with Crippen molar-refractivity contribution in [1.29, 1.82) is 0 Å². The Morgan fingerprint density at radius 2 is 2.12 bits per heavy atom. The van der Waals surface area contributed by atoms with E-state index in [4.69, 9.17) is 4.74 Å². The molecule has 0 bridgehead atoms. The van der Waals surface area contributed by atoms with E-state index in [1.165, 1.54) is 0 Å². The molecule has 2 rings (SSSR count). The first kappa shape index (κ1) is 10.9. The molecule has 0 amide bonds. The summed E-state index contributed by atoms with van der Waals surface area (Å²) in [5.41, 5.74) is 0. The lowest BCUT2D eigenvalue weighted by atomic mass is 10.2. The Hall–Kier alpha value is -1.58. The molecule has 0 aliphatic heterocycles. The average Bonchev–Trinajstić information content (AvgIpc) is 2.70. The molecule has 16 heavy (non-hydrogen) atoms. The molecule has 4 nitrogen and oxygen atoms in total. The average molecular weight is 219 g/mol. The normalized spacial score (nSPS) is 15.4. The molecule has 1 aromatic rings. The molecule has 1 heterocycles. The summed E-state index contributed by atoms with van der Waals surface area (Å²) in [6.07, 6.45) is 6.50. The van der Waals surface area contributed by atoms with Crippen LogP contribution >= 0.6 is 0 Å². The molecule has 0 fully saturated rings. The van der Waals surface area contributed by atoms with Crippen LogP contribution in [-0.2, 0) is 0 Å². The Labute approximate surface area is 95.8 Å². The highest BCUT2D eigenvalue weighted by atomic mass is 16.5. The number of aromatic nitrogens is 2. The smallest absolute Gasteiger partial charge is 0.218 e. The third-order valence-corrected chi connectivity index (χ3v) is 2.47. The molecule has 0 aromatic carbocycles. The second-order valence-corrected chi connectivity index (χ2v) is 3.86. The molecule has 86 valence electrons. The first-order valence-electron chi connectivity index (χ1n) is 5.68. The minimum absolute atomic E-state index is 0.462. The zero-order valence-corrected chi connectivity index (χ0v) is 9.73. The van der Waals surface area contributed by atoms with Crippen LogP contribution in [0.25, 0.3) is 0 Å². The van der Waals surface area contributed by atoms with Gasteiger partial charge in [0.2, 0.25) is 5.88 Å². The van der Waals surface area contributed by atoms with Gasteiger partial charge in [-0.15, -0.1) is 0 Å². The van der Waals surface area contributed by atoms with Gasteiger partial charge in [-0.2, -0.15) is 4.98 Å². The van der Waals surface area contributed by atoms with Crippen LogP contribution in [0.4, 0.5) is 5.82 Å². The highest BCUT2D eigenvalue weighted by Crippen LogP contribution is 2.18. The Morgan fingerprint density at radius 1 is 1.38 bits per heavy atom. The molecule has 0 saturated carbocycles. The topological polar surface area (TPSA) is 47.0 Å². The monoisotopic (exact) mass is 219 g/mol. The third-order valence-electron chi connectivity index (χ3n) is 2.47. The van der Waals surface area contributed by atoms with E-state index in [1.807, 2.05) is 19.9 Å². The Morgan fingerprint density at radius 3 is 2.81 bits per heavy atom. The van der Waals surface area contributed by atoms with Crippen LogP contribution in [0.3, 0.4) is 0 Å². The zero-order valence-electron chi connectivity index (χ0n) is 9.73. The van der Waals surface area contributed by atoms with E-state index >= 15 is 0 Å². The van der Waals surface area contributed by atoms with Gasteiger partial charge in [0.25, 0.3) is 0 Å². The summed E-state index contributed by atoms with van der Waals surface area (Å²) >= 11 is 0. The lowest BCUT2D eigenvalue weighted by Gasteiger charge is -2.13. The van der Waals surface area contributed by atoms with Crippen molar-refractivity contribution >= 4 is 5.82 Å². The molecule has 0 saturated heterocycles. The van der Waals surface area contributed by atoms with E-state index in [0.717, 1.165) is 24.5 Å². The lowest BCUT2D eigenvalue weighted by Crippen LogP contribution is -2.16. The predicted octanol–water partition coefficient (Wildman–Crippen LogP) is 2.31. The summed E-state index contributed by atoms with van der Waals surface area (Å²) in [5.74, 6) is 2.23. The molecule has 4 heteroatoms. The van der Waals surface area contributed by atoms with Crippen LogP contribution in [0.5, 0.6) is 5.88 Å². The fourth-order valence-corrected chi connectivity index (χ4v) is 1.78. The van der Waals surface area contributed by atoms with Crippen molar-refractivity contribution in [2.24, 2.45) is 0 Å². The van der Waals surface area contributed by atoms with Gasteiger partial charge in [-0.3, -0.25) is 0 Å². The molecule has 1 aromatic heterocycles. The van der Waals surface area contributed by atoms with Crippen molar-refractivity contribution in [2.45, 2.75) is 32.7 Å². The quantitative estimate of drug-likeness (QED) is 0.789. The summed E-state index contributed by atoms with van der Waals surface area (Å²) in [7, 11) is 0. The van der Waals surface area contributed by atoms with E-state index in [2.05, 4.69) is 27.4 Å². The van der Waals surface area contributed by atoms with Crippen molar-refractivity contribution < 1.29 is 4.74 Å². The highest BCUT2D eigenvalue weighted by molar-refractivity contribution is 5.40. The summed E-state index contributed by atoms with van der Waals surface area (Å²) in [5, 5.41) is 3.39. The number of nitrogens with zero attached hydrogens (tertiary/aromatic N) is 2. The van der Waals surface area contributed by atoms with E-state index < -0.39 is 0 Å². The maximum absolute atomic E-state index is 5.39. The Balaban J connectivity index is 2.07. The second kappa shape index (κ2) is 4.96. The first-order valence-corrected chi connectivity index (χ1v) is 5.68. The fourth-order valence-electron chi connectivity index (χ4n) is 1.78. The van der Waals surface area contributed by atoms with Crippen molar-refractivity contribution in [2.75, 3.05) is 11.9 Å². The van der Waals surface area contributed by atoms with Gasteiger partial charge in [0.15, 0.2) is 0 Å². The number of hydrogen-bond acceptors (Lipinski definition) is 4. The molecule has 0 atom stereocenters. The van der Waals surface area contributed by atoms with Crippen LogP contribution in [0.15, 0.2) is 18.2 Å². The number of rotatable bonds is 4. The minimum atomic E-state index is 0.462. The van der Waals surface area contributed by atoms with Crippen LogP contribution in [-0.4, -0.2) is 22.6 Å². The largest absolute Gasteiger partial charge is 0.478 e. The van der Waals surface area contributed by atoms with E-state index in [1.54, 1.807) is 0 Å². The van der Waals surface area contributed by atoms with Gasteiger partial charge >= 0.3 is 0 Å². The number of anilines is 1. The maximum atomic E-state index is 5.39. The Kier molecular flexibility index (Phi) is 3.39. The lowest BCUT2D eigenvalue weighted by molar-refractivity contribution is 0.325. The van der Waals surface area contributed by atoms with Crippen molar-refractivity contribution in [3.63, 3.8) is 0 Å². The van der Waals surface area contributed by atoms with Crippen molar-refractivity contribution in [3.05, 3.63) is 24.0 Å². The van der Waals surface area contributed by atoms with Gasteiger partial charge in [-0.1, -0.05) is 12.2 Å². The van der Waals surface area contributed by atoms with Crippen LogP contribution in [0, 0.1) is 6.92 Å². The minimum Gasteiger partial charge on any atom is -0.478 e. The Bertz CT molecular complexity index is 382. The molecule has 0 radical (unpaired) electrons. The van der Waals surface area contributed by atoms with Crippen molar-refractivity contribution in [3.8, 4) is 5.88 Å². The summed E-state index contributed by atoms with van der Waals surface area (Å²) in [6, 6.07) is 2.32. The van der Waals surface area contributed by atoms with Gasteiger partial charge in [0, 0.05) is 12.1 Å². The number of ether oxygens (including phenoxy) is 1. The van der Waals surface area contributed by atoms with Crippen LogP contribution in [0.1, 0.15) is 25.6 Å². The SMILES string of the molecule is CCOc1cc(NC2CC=CC2)nc(C)n1. The van der Waals surface area contributed by atoms with Gasteiger partial charge in [0.1, 0.15) is 11.6 Å². The third kappa shape index (κ3) is 2.72. The summed E-state index contributed by atoms with van der Waals surface area (Å²) < 4.78 is 5.39.